The van der Waals surface area contributed by atoms with Crippen LogP contribution >= 0.6 is 22.7 Å². The van der Waals surface area contributed by atoms with E-state index in [0.717, 1.165) is 35.6 Å². The van der Waals surface area contributed by atoms with E-state index in [-0.39, 0.29) is 5.41 Å². The van der Waals surface area contributed by atoms with E-state index >= 15 is 0 Å². The van der Waals surface area contributed by atoms with Crippen LogP contribution in [0.25, 0.3) is 11.1 Å². The van der Waals surface area contributed by atoms with Crippen LogP contribution in [-0.4, -0.2) is 13.1 Å². The first kappa shape index (κ1) is 27.6. The minimum absolute atomic E-state index is 0.282. The van der Waals surface area contributed by atoms with E-state index < -0.39 is 0 Å². The lowest BCUT2D eigenvalue weighted by Crippen LogP contribution is -2.31. The van der Waals surface area contributed by atoms with Crippen molar-refractivity contribution in [2.75, 3.05) is 22.9 Å². The molecule has 0 saturated carbocycles. The summed E-state index contributed by atoms with van der Waals surface area (Å²) in [4.78, 5) is 4.70. The van der Waals surface area contributed by atoms with E-state index in [0.29, 0.717) is 13.1 Å². The van der Waals surface area contributed by atoms with Gasteiger partial charge in [0.1, 0.15) is 0 Å². The number of anilines is 6. The number of rotatable bonds is 10. The summed E-state index contributed by atoms with van der Waals surface area (Å²) in [6, 6.07) is 43.7. The second kappa shape index (κ2) is 11.8. The lowest BCUT2D eigenvalue weighted by molar-refractivity contribution is 0.459. The fraction of sp³-hybridized carbons (Fsp3) is 0.135. The van der Waals surface area contributed by atoms with Crippen LogP contribution in [0.3, 0.4) is 0 Å². The molecule has 1 aliphatic rings. The summed E-state index contributed by atoms with van der Waals surface area (Å²) in [7, 11) is 0. The fourth-order valence-electron chi connectivity index (χ4n) is 6.66. The molecule has 0 atom stereocenters. The molecule has 214 valence electrons. The van der Waals surface area contributed by atoms with Crippen molar-refractivity contribution in [2.24, 2.45) is 11.5 Å². The number of para-hydroxylation sites is 2. The van der Waals surface area contributed by atoms with Gasteiger partial charge in [0.25, 0.3) is 0 Å². The Hall–Kier alpha value is -4.20. The van der Waals surface area contributed by atoms with E-state index in [1.165, 1.54) is 32.3 Å². The Kier molecular flexibility index (Phi) is 7.59. The van der Waals surface area contributed by atoms with Crippen LogP contribution in [0, 0.1) is 0 Å². The average Bonchev–Trinajstić information content (AvgIpc) is 3.82. The standard InChI is InChI=1S/C37H34N4S2/c38-21-19-37(20-22-39)33-25-29(40(35-13-7-23-42-35)27-9-3-1-4-10-27)15-17-31(33)32-18-16-30(26-34(32)37)41(36-14-8-24-43-36)28-11-5-2-6-12-28/h1-18,23-26H,19-22,38-39H2. The molecule has 4 N–H and O–H groups in total. The SMILES string of the molecule is NCCC1(CCN)c2cc(N(c3ccccc3)c3cccs3)ccc2-c2ccc(N(c3ccccc3)c3cccs3)cc21. The van der Waals surface area contributed by atoms with Gasteiger partial charge in [-0.2, -0.15) is 0 Å². The van der Waals surface area contributed by atoms with Gasteiger partial charge in [-0.05, 0) is 132 Å². The Morgan fingerprint density at radius 1 is 0.488 bits per heavy atom. The van der Waals surface area contributed by atoms with Gasteiger partial charge in [-0.3, -0.25) is 0 Å². The highest BCUT2D eigenvalue weighted by molar-refractivity contribution is 7.14. The summed E-state index contributed by atoms with van der Waals surface area (Å²) in [6.07, 6.45) is 1.65. The van der Waals surface area contributed by atoms with Crippen LogP contribution < -0.4 is 21.3 Å². The Morgan fingerprint density at radius 2 is 0.930 bits per heavy atom. The summed E-state index contributed by atoms with van der Waals surface area (Å²) in [6.45, 7) is 1.15. The molecule has 0 radical (unpaired) electrons. The predicted molar refractivity (Wildman–Crippen MR) is 185 cm³/mol. The minimum Gasteiger partial charge on any atom is -0.330 e. The van der Waals surface area contributed by atoms with E-state index in [4.69, 9.17) is 11.5 Å². The minimum atomic E-state index is -0.282. The van der Waals surface area contributed by atoms with Crippen molar-refractivity contribution >= 4 is 55.4 Å². The van der Waals surface area contributed by atoms with E-state index in [1.54, 1.807) is 22.7 Å². The Bertz CT molecular complexity index is 1660. The number of fused-ring (bicyclic) bond motifs is 3. The van der Waals surface area contributed by atoms with Gasteiger partial charge in [-0.15, -0.1) is 22.7 Å². The van der Waals surface area contributed by atoms with Gasteiger partial charge in [-0.1, -0.05) is 48.5 Å². The largest absolute Gasteiger partial charge is 0.330 e. The highest BCUT2D eigenvalue weighted by Gasteiger charge is 2.43. The van der Waals surface area contributed by atoms with Gasteiger partial charge in [0.15, 0.2) is 0 Å². The highest BCUT2D eigenvalue weighted by atomic mass is 32.1. The van der Waals surface area contributed by atoms with Crippen molar-refractivity contribution < 1.29 is 0 Å². The molecule has 1 aliphatic carbocycles. The Balaban J connectivity index is 1.41. The van der Waals surface area contributed by atoms with Crippen LogP contribution in [0.1, 0.15) is 24.0 Å². The molecular weight excluding hydrogens is 565 g/mol. The third-order valence-electron chi connectivity index (χ3n) is 8.47. The predicted octanol–water partition coefficient (Wildman–Crippen LogP) is 9.71. The van der Waals surface area contributed by atoms with Crippen molar-refractivity contribution in [1.29, 1.82) is 0 Å². The third-order valence-corrected chi connectivity index (χ3v) is 10.2. The molecule has 0 amide bonds. The molecule has 0 unspecified atom stereocenters. The third kappa shape index (κ3) is 4.86. The van der Waals surface area contributed by atoms with Gasteiger partial charge < -0.3 is 21.3 Å². The summed E-state index contributed by atoms with van der Waals surface area (Å²) in [5.74, 6) is 0. The van der Waals surface area contributed by atoms with Crippen molar-refractivity contribution in [2.45, 2.75) is 18.3 Å². The fourth-order valence-corrected chi connectivity index (χ4v) is 8.20. The normalized spacial score (nSPS) is 13.0. The van der Waals surface area contributed by atoms with Crippen molar-refractivity contribution in [3.63, 3.8) is 0 Å². The molecule has 6 aromatic rings. The molecule has 0 spiro atoms. The molecule has 0 fully saturated rings. The second-order valence-electron chi connectivity index (χ2n) is 10.9. The number of hydrogen-bond donors (Lipinski definition) is 2. The molecule has 2 heterocycles. The van der Waals surface area contributed by atoms with E-state index in [9.17, 15) is 0 Å². The maximum Gasteiger partial charge on any atom is 0.0999 e. The lowest BCUT2D eigenvalue weighted by Gasteiger charge is -2.34. The molecule has 43 heavy (non-hydrogen) atoms. The van der Waals surface area contributed by atoms with Crippen LogP contribution in [0.2, 0.25) is 0 Å². The zero-order valence-corrected chi connectivity index (χ0v) is 25.5. The molecule has 0 saturated heterocycles. The van der Waals surface area contributed by atoms with Gasteiger partial charge in [0.2, 0.25) is 0 Å². The quantitative estimate of drug-likeness (QED) is 0.165. The summed E-state index contributed by atoms with van der Waals surface area (Å²) < 4.78 is 0. The molecule has 4 nitrogen and oxygen atoms in total. The lowest BCUT2D eigenvalue weighted by atomic mass is 9.72. The summed E-state index contributed by atoms with van der Waals surface area (Å²) >= 11 is 3.49. The van der Waals surface area contributed by atoms with Gasteiger partial charge in [0.05, 0.1) is 10.0 Å². The average molecular weight is 599 g/mol. The Labute approximate surface area is 261 Å². The molecule has 0 bridgehead atoms. The number of benzene rings is 4. The first-order chi connectivity index (χ1) is 21.2. The maximum absolute atomic E-state index is 6.41. The van der Waals surface area contributed by atoms with E-state index in [2.05, 4.69) is 142 Å². The molecule has 4 aromatic carbocycles. The zero-order chi connectivity index (χ0) is 29.2. The van der Waals surface area contributed by atoms with Crippen LogP contribution in [0.4, 0.5) is 32.8 Å². The smallest absolute Gasteiger partial charge is 0.0999 e. The van der Waals surface area contributed by atoms with Crippen LogP contribution in [0.15, 0.2) is 132 Å². The van der Waals surface area contributed by atoms with Gasteiger partial charge >= 0.3 is 0 Å². The topological polar surface area (TPSA) is 58.5 Å². The molecule has 0 aliphatic heterocycles. The summed E-state index contributed by atoms with van der Waals surface area (Å²) in [5.41, 5.74) is 22.3. The van der Waals surface area contributed by atoms with Gasteiger partial charge in [-0.25, -0.2) is 0 Å². The summed E-state index contributed by atoms with van der Waals surface area (Å²) in [5, 5.41) is 6.63. The first-order valence-electron chi connectivity index (χ1n) is 14.7. The van der Waals surface area contributed by atoms with Crippen molar-refractivity contribution in [3.05, 3.63) is 143 Å². The molecule has 7 rings (SSSR count). The first-order valence-corrected chi connectivity index (χ1v) is 16.5. The molecule has 2 aromatic heterocycles. The van der Waals surface area contributed by atoms with Gasteiger partial charge in [0, 0.05) is 28.2 Å². The number of hydrogen-bond acceptors (Lipinski definition) is 6. The highest BCUT2D eigenvalue weighted by Crippen LogP contribution is 2.55. The van der Waals surface area contributed by atoms with Crippen molar-refractivity contribution in [3.8, 4) is 11.1 Å². The number of thiophene rings is 2. The Morgan fingerprint density at radius 3 is 1.30 bits per heavy atom. The maximum atomic E-state index is 6.41. The molecular formula is C37H34N4S2. The van der Waals surface area contributed by atoms with Crippen molar-refractivity contribution in [1.82, 2.24) is 0 Å². The second-order valence-corrected chi connectivity index (χ2v) is 12.7. The van der Waals surface area contributed by atoms with E-state index in [1.807, 2.05) is 0 Å². The number of nitrogens with zero attached hydrogens (tertiary/aromatic N) is 2. The molecule has 6 heteroatoms. The van der Waals surface area contributed by atoms with Crippen LogP contribution in [-0.2, 0) is 5.41 Å². The zero-order valence-electron chi connectivity index (χ0n) is 23.9. The number of nitrogens with two attached hydrogens (primary N) is 2. The van der Waals surface area contributed by atoms with Crippen LogP contribution in [0.5, 0.6) is 0 Å². The monoisotopic (exact) mass is 598 g/mol.